The molecule has 2 rings (SSSR count). The first kappa shape index (κ1) is 10.9. The molecule has 0 fully saturated rings. The molecule has 82 valence electrons. The topological polar surface area (TPSA) is 21.6 Å². The summed E-state index contributed by atoms with van der Waals surface area (Å²) in [5.74, 6) is 0. The van der Waals surface area contributed by atoms with Crippen LogP contribution >= 0.6 is 11.3 Å². The van der Waals surface area contributed by atoms with Crippen molar-refractivity contribution in [2.75, 3.05) is 0 Å². The van der Waals surface area contributed by atoms with Gasteiger partial charge in [0.05, 0.1) is 6.21 Å². The standard InChI is InChI=1S/C13H13NOS/c1-11-4-2-5-12(8-11)10-15-14-9-13-6-3-7-16-13/h2-9H,10H2,1H3/b14-9+. The van der Waals surface area contributed by atoms with Crippen LogP contribution in [-0.4, -0.2) is 6.21 Å². The lowest BCUT2D eigenvalue weighted by molar-refractivity contribution is 0.132. The molecular weight excluding hydrogens is 218 g/mol. The molecule has 0 aliphatic heterocycles. The Labute approximate surface area is 99.2 Å². The predicted octanol–water partition coefficient (Wildman–Crippen LogP) is 3.61. The van der Waals surface area contributed by atoms with Crippen molar-refractivity contribution in [2.24, 2.45) is 5.16 Å². The SMILES string of the molecule is Cc1cccc(CO/N=C/c2cccs2)c1. The fourth-order valence-electron chi connectivity index (χ4n) is 1.37. The molecule has 0 bridgehead atoms. The average molecular weight is 231 g/mol. The van der Waals surface area contributed by atoms with Gasteiger partial charge in [-0.25, -0.2) is 0 Å². The maximum atomic E-state index is 5.22. The van der Waals surface area contributed by atoms with Gasteiger partial charge in [-0.3, -0.25) is 0 Å². The van der Waals surface area contributed by atoms with E-state index in [4.69, 9.17) is 4.84 Å². The predicted molar refractivity (Wildman–Crippen MR) is 67.9 cm³/mol. The van der Waals surface area contributed by atoms with Crippen molar-refractivity contribution in [3.63, 3.8) is 0 Å². The molecule has 1 aromatic carbocycles. The summed E-state index contributed by atoms with van der Waals surface area (Å²) in [4.78, 5) is 6.33. The van der Waals surface area contributed by atoms with Crippen molar-refractivity contribution < 1.29 is 4.84 Å². The second kappa shape index (κ2) is 5.47. The van der Waals surface area contributed by atoms with Gasteiger partial charge < -0.3 is 4.84 Å². The normalized spacial score (nSPS) is 10.8. The third-order valence-corrected chi connectivity index (χ3v) is 2.92. The van der Waals surface area contributed by atoms with E-state index in [1.54, 1.807) is 17.6 Å². The van der Waals surface area contributed by atoms with E-state index in [0.717, 1.165) is 10.4 Å². The largest absolute Gasteiger partial charge is 0.391 e. The van der Waals surface area contributed by atoms with Crippen LogP contribution in [0.25, 0.3) is 0 Å². The highest BCUT2D eigenvalue weighted by Crippen LogP contribution is 2.07. The molecule has 1 aromatic heterocycles. The number of thiophene rings is 1. The molecule has 1 heterocycles. The average Bonchev–Trinajstić information content (AvgIpc) is 2.77. The highest BCUT2D eigenvalue weighted by molar-refractivity contribution is 7.11. The number of rotatable bonds is 4. The number of nitrogens with zero attached hydrogens (tertiary/aromatic N) is 1. The maximum absolute atomic E-state index is 5.22. The summed E-state index contributed by atoms with van der Waals surface area (Å²) in [5, 5.41) is 5.94. The Kier molecular flexibility index (Phi) is 3.72. The second-order valence-corrected chi connectivity index (χ2v) is 4.49. The zero-order valence-corrected chi connectivity index (χ0v) is 9.91. The smallest absolute Gasteiger partial charge is 0.142 e. The molecule has 0 atom stereocenters. The van der Waals surface area contributed by atoms with Gasteiger partial charge in [-0.1, -0.05) is 41.1 Å². The quantitative estimate of drug-likeness (QED) is 0.582. The van der Waals surface area contributed by atoms with Crippen LogP contribution in [0.15, 0.2) is 46.9 Å². The Morgan fingerprint density at radius 3 is 3.00 bits per heavy atom. The van der Waals surface area contributed by atoms with Gasteiger partial charge in [0.15, 0.2) is 0 Å². The summed E-state index contributed by atoms with van der Waals surface area (Å²) in [7, 11) is 0. The summed E-state index contributed by atoms with van der Waals surface area (Å²) >= 11 is 1.64. The van der Waals surface area contributed by atoms with Crippen molar-refractivity contribution >= 4 is 17.6 Å². The monoisotopic (exact) mass is 231 g/mol. The lowest BCUT2D eigenvalue weighted by Crippen LogP contribution is -1.87. The number of benzene rings is 1. The van der Waals surface area contributed by atoms with Gasteiger partial charge in [-0.15, -0.1) is 11.3 Å². The first-order chi connectivity index (χ1) is 7.84. The Morgan fingerprint density at radius 1 is 1.31 bits per heavy atom. The molecule has 3 heteroatoms. The van der Waals surface area contributed by atoms with E-state index in [1.165, 1.54) is 5.56 Å². The van der Waals surface area contributed by atoms with E-state index in [2.05, 4.69) is 24.2 Å². The van der Waals surface area contributed by atoms with Crippen LogP contribution in [0.4, 0.5) is 0 Å². The van der Waals surface area contributed by atoms with Gasteiger partial charge in [-0.2, -0.15) is 0 Å². The Balaban J connectivity index is 1.84. The van der Waals surface area contributed by atoms with E-state index in [0.29, 0.717) is 6.61 Å². The number of aryl methyl sites for hydroxylation is 1. The minimum absolute atomic E-state index is 0.517. The van der Waals surface area contributed by atoms with E-state index in [-0.39, 0.29) is 0 Å². The Morgan fingerprint density at radius 2 is 2.25 bits per heavy atom. The van der Waals surface area contributed by atoms with Gasteiger partial charge in [0, 0.05) is 4.88 Å². The van der Waals surface area contributed by atoms with Crippen LogP contribution in [0.5, 0.6) is 0 Å². The Hall–Kier alpha value is -1.61. The lowest BCUT2D eigenvalue weighted by Gasteiger charge is -2.00. The van der Waals surface area contributed by atoms with Crippen LogP contribution in [0.3, 0.4) is 0 Å². The Bertz CT molecular complexity index is 463. The molecule has 0 spiro atoms. The van der Waals surface area contributed by atoms with E-state index in [9.17, 15) is 0 Å². The molecule has 0 unspecified atom stereocenters. The maximum Gasteiger partial charge on any atom is 0.142 e. The zero-order chi connectivity index (χ0) is 11.2. The fourth-order valence-corrected chi connectivity index (χ4v) is 1.94. The van der Waals surface area contributed by atoms with Crippen LogP contribution in [0.1, 0.15) is 16.0 Å². The molecule has 0 saturated heterocycles. The number of hydrogen-bond donors (Lipinski definition) is 0. The molecule has 2 nitrogen and oxygen atoms in total. The van der Waals surface area contributed by atoms with Gasteiger partial charge in [0.2, 0.25) is 0 Å². The highest BCUT2D eigenvalue weighted by Gasteiger charge is 1.92. The van der Waals surface area contributed by atoms with Gasteiger partial charge in [-0.05, 0) is 23.9 Å². The molecule has 0 aliphatic carbocycles. The summed E-state index contributed by atoms with van der Waals surface area (Å²) in [5.41, 5.74) is 2.38. The molecule has 0 amide bonds. The third kappa shape index (κ3) is 3.21. The zero-order valence-electron chi connectivity index (χ0n) is 9.09. The van der Waals surface area contributed by atoms with Gasteiger partial charge in [0.25, 0.3) is 0 Å². The molecule has 0 aliphatic rings. The van der Waals surface area contributed by atoms with Gasteiger partial charge in [0.1, 0.15) is 6.61 Å². The molecule has 0 radical (unpaired) electrons. The van der Waals surface area contributed by atoms with Crippen molar-refractivity contribution in [1.82, 2.24) is 0 Å². The van der Waals surface area contributed by atoms with Crippen LogP contribution < -0.4 is 0 Å². The summed E-state index contributed by atoms with van der Waals surface area (Å²) < 4.78 is 0. The molecule has 2 aromatic rings. The molecule has 0 saturated carbocycles. The summed E-state index contributed by atoms with van der Waals surface area (Å²) in [6, 6.07) is 12.2. The molecule has 16 heavy (non-hydrogen) atoms. The van der Waals surface area contributed by atoms with Crippen molar-refractivity contribution in [1.29, 1.82) is 0 Å². The fraction of sp³-hybridized carbons (Fsp3) is 0.154. The minimum atomic E-state index is 0.517. The highest BCUT2D eigenvalue weighted by atomic mass is 32.1. The van der Waals surface area contributed by atoms with E-state index in [1.807, 2.05) is 29.6 Å². The van der Waals surface area contributed by atoms with Gasteiger partial charge >= 0.3 is 0 Å². The number of oxime groups is 1. The van der Waals surface area contributed by atoms with E-state index < -0.39 is 0 Å². The lowest BCUT2D eigenvalue weighted by atomic mass is 10.1. The van der Waals surface area contributed by atoms with Crippen LogP contribution in [-0.2, 0) is 11.4 Å². The summed E-state index contributed by atoms with van der Waals surface area (Å²) in [6.07, 6.45) is 1.74. The number of hydrogen-bond acceptors (Lipinski definition) is 3. The third-order valence-electron chi connectivity index (χ3n) is 2.11. The van der Waals surface area contributed by atoms with Crippen molar-refractivity contribution in [3.8, 4) is 0 Å². The molecular formula is C13H13NOS. The summed E-state index contributed by atoms with van der Waals surface area (Å²) in [6.45, 7) is 2.59. The van der Waals surface area contributed by atoms with Crippen LogP contribution in [0.2, 0.25) is 0 Å². The first-order valence-corrected chi connectivity index (χ1v) is 5.97. The molecule has 0 N–H and O–H groups in total. The van der Waals surface area contributed by atoms with Crippen LogP contribution in [0, 0.1) is 6.92 Å². The second-order valence-electron chi connectivity index (χ2n) is 3.51. The minimum Gasteiger partial charge on any atom is -0.391 e. The van der Waals surface area contributed by atoms with E-state index >= 15 is 0 Å². The van der Waals surface area contributed by atoms with Crippen molar-refractivity contribution in [3.05, 3.63) is 57.8 Å². The van der Waals surface area contributed by atoms with Crippen molar-refractivity contribution in [2.45, 2.75) is 13.5 Å². The first-order valence-electron chi connectivity index (χ1n) is 5.09.